The Bertz CT molecular complexity index is 1490. The average molecular weight is 587 g/mol. The van der Waals surface area contributed by atoms with Gasteiger partial charge in [0.1, 0.15) is 11.1 Å². The van der Waals surface area contributed by atoms with E-state index in [4.69, 9.17) is 0 Å². The van der Waals surface area contributed by atoms with Crippen molar-refractivity contribution < 1.29 is 31.9 Å². The summed E-state index contributed by atoms with van der Waals surface area (Å²) in [7, 11) is -3.35. The number of imidazole rings is 1. The van der Waals surface area contributed by atoms with Crippen LogP contribution in [0.1, 0.15) is 46.6 Å². The normalized spacial score (nSPS) is 18.2. The topological polar surface area (TPSA) is 119 Å². The standard InChI is InChI=1S/C29H29F3N4O4S/c30-29(31,32)28(38)36(16-6-9-19-7-2-1-3-8-19)24(27-33-22-10-4-5-11-23(22)34-27)17-20-12-14-21(15-13-20)25-18-26(37)35-41(25,39)40/h1-5,7-8,10-15,24-25,39-40H,6,9,16-18H2,(H,33,34)(H,35,37)/t24-,25?/m0/s1. The maximum atomic E-state index is 13.9. The summed E-state index contributed by atoms with van der Waals surface area (Å²) in [5.41, 5.74) is 3.27. The van der Waals surface area contributed by atoms with Crippen LogP contribution in [0, 0.1) is 0 Å². The van der Waals surface area contributed by atoms with E-state index in [-0.39, 0.29) is 25.2 Å². The lowest BCUT2D eigenvalue weighted by Gasteiger charge is -2.33. The quantitative estimate of drug-likeness (QED) is 0.189. The third-order valence-corrected chi connectivity index (χ3v) is 8.88. The lowest BCUT2D eigenvalue weighted by Crippen LogP contribution is -2.45. The second-order valence-electron chi connectivity index (χ2n) is 10.00. The van der Waals surface area contributed by atoms with Crippen LogP contribution in [0.5, 0.6) is 0 Å². The molecule has 0 spiro atoms. The monoisotopic (exact) mass is 586 g/mol. The second-order valence-corrected chi connectivity index (χ2v) is 12.0. The number of carbonyl (C=O) groups excluding carboxylic acids is 2. The molecule has 2 atom stereocenters. The summed E-state index contributed by atoms with van der Waals surface area (Å²) in [6.07, 6.45) is -4.35. The molecule has 8 nitrogen and oxygen atoms in total. The van der Waals surface area contributed by atoms with E-state index in [0.29, 0.717) is 35.0 Å². The molecule has 0 saturated carbocycles. The number of aromatic nitrogens is 2. The van der Waals surface area contributed by atoms with Crippen LogP contribution in [0.4, 0.5) is 13.2 Å². The number of H-pyrrole nitrogens is 1. The van der Waals surface area contributed by atoms with E-state index in [9.17, 15) is 31.9 Å². The van der Waals surface area contributed by atoms with Crippen LogP contribution in [0.2, 0.25) is 0 Å². The molecule has 1 aliphatic heterocycles. The number of carbonyl (C=O) groups is 2. The number of aromatic amines is 1. The number of rotatable bonds is 9. The molecular formula is C29H29F3N4O4S. The maximum absolute atomic E-state index is 13.9. The van der Waals surface area contributed by atoms with Gasteiger partial charge in [-0.15, -0.1) is 10.8 Å². The zero-order chi connectivity index (χ0) is 29.2. The van der Waals surface area contributed by atoms with Crippen molar-refractivity contribution in [3.8, 4) is 0 Å². The fourth-order valence-electron chi connectivity index (χ4n) is 5.11. The van der Waals surface area contributed by atoms with Crippen molar-refractivity contribution in [2.45, 2.75) is 43.2 Å². The number of para-hydroxylation sites is 2. The number of halogens is 3. The Hall–Kier alpha value is -3.87. The molecule has 5 rings (SSSR count). The minimum atomic E-state index is -5.09. The molecule has 1 fully saturated rings. The smallest absolute Gasteiger partial charge is 0.340 e. The largest absolute Gasteiger partial charge is 0.471 e. The first-order valence-corrected chi connectivity index (χ1v) is 14.6. The lowest BCUT2D eigenvalue weighted by atomic mass is 10.00. The average Bonchev–Trinajstić information content (AvgIpc) is 3.49. The van der Waals surface area contributed by atoms with Crippen LogP contribution in [0.15, 0.2) is 78.9 Å². The minimum absolute atomic E-state index is 0.0192. The van der Waals surface area contributed by atoms with Gasteiger partial charge in [0.2, 0.25) is 5.91 Å². The van der Waals surface area contributed by atoms with Crippen LogP contribution in [0.25, 0.3) is 11.0 Å². The fourth-order valence-corrected chi connectivity index (χ4v) is 6.59. The fraction of sp³-hybridized carbons (Fsp3) is 0.276. The number of benzene rings is 3. The molecule has 1 unspecified atom stereocenters. The molecular weight excluding hydrogens is 557 g/mol. The van der Waals surface area contributed by atoms with Crippen molar-refractivity contribution in [2.24, 2.45) is 0 Å². The predicted octanol–water partition coefficient (Wildman–Crippen LogP) is 6.10. The van der Waals surface area contributed by atoms with Crippen molar-refractivity contribution >= 4 is 33.6 Å². The molecule has 216 valence electrons. The molecule has 0 radical (unpaired) electrons. The molecule has 4 aromatic rings. The summed E-state index contributed by atoms with van der Waals surface area (Å²) in [6, 6.07) is 21.9. The van der Waals surface area contributed by atoms with E-state index in [2.05, 4.69) is 14.7 Å². The molecule has 4 N–H and O–H groups in total. The van der Waals surface area contributed by atoms with Gasteiger partial charge in [-0.3, -0.25) is 23.4 Å². The van der Waals surface area contributed by atoms with E-state index in [1.165, 1.54) is 0 Å². The highest BCUT2D eigenvalue weighted by molar-refractivity contribution is 8.23. The van der Waals surface area contributed by atoms with E-state index in [1.807, 2.05) is 30.3 Å². The highest BCUT2D eigenvalue weighted by atomic mass is 32.3. The van der Waals surface area contributed by atoms with Crippen molar-refractivity contribution in [3.63, 3.8) is 0 Å². The Balaban J connectivity index is 1.46. The number of hydrogen-bond donors (Lipinski definition) is 4. The van der Waals surface area contributed by atoms with Crippen molar-refractivity contribution in [2.75, 3.05) is 6.54 Å². The molecule has 1 aliphatic rings. The highest BCUT2D eigenvalue weighted by Gasteiger charge is 2.45. The molecule has 3 aromatic carbocycles. The second kappa shape index (κ2) is 11.6. The van der Waals surface area contributed by atoms with Crippen LogP contribution in [0.3, 0.4) is 0 Å². The molecule has 0 aliphatic carbocycles. The first kappa shape index (κ1) is 28.7. The van der Waals surface area contributed by atoms with Crippen molar-refractivity contribution in [3.05, 3.63) is 101 Å². The van der Waals surface area contributed by atoms with Gasteiger partial charge in [0.25, 0.3) is 0 Å². The summed E-state index contributed by atoms with van der Waals surface area (Å²) < 4.78 is 64.3. The van der Waals surface area contributed by atoms with Gasteiger partial charge in [-0.05, 0) is 41.7 Å². The summed E-state index contributed by atoms with van der Waals surface area (Å²) in [4.78, 5) is 33.0. The maximum Gasteiger partial charge on any atom is 0.471 e. The van der Waals surface area contributed by atoms with Crippen LogP contribution in [-0.4, -0.2) is 48.5 Å². The SMILES string of the molecule is O=C1CC(c2ccc(C[C@@H](c3nc4ccccc4[nH]3)N(CCCc3ccccc3)C(=O)C(F)(F)F)cc2)S(O)(O)N1. The number of nitrogens with one attached hydrogen (secondary N) is 2. The van der Waals surface area contributed by atoms with E-state index in [1.54, 1.807) is 48.5 Å². The van der Waals surface area contributed by atoms with Crippen LogP contribution < -0.4 is 4.72 Å². The van der Waals surface area contributed by atoms with Gasteiger partial charge in [-0.25, -0.2) is 4.98 Å². The van der Waals surface area contributed by atoms with E-state index < -0.39 is 40.1 Å². The lowest BCUT2D eigenvalue weighted by molar-refractivity contribution is -0.188. The molecule has 1 aromatic heterocycles. The summed E-state index contributed by atoms with van der Waals surface area (Å²) in [6.45, 7) is -0.149. The Kier molecular flexibility index (Phi) is 8.07. The molecule has 41 heavy (non-hydrogen) atoms. The Labute approximate surface area is 236 Å². The summed E-state index contributed by atoms with van der Waals surface area (Å²) in [5, 5.41) is -0.823. The predicted molar refractivity (Wildman–Crippen MR) is 150 cm³/mol. The van der Waals surface area contributed by atoms with Crippen molar-refractivity contribution in [1.29, 1.82) is 0 Å². The number of nitrogens with zero attached hydrogens (tertiary/aromatic N) is 2. The van der Waals surface area contributed by atoms with Crippen LogP contribution in [-0.2, 0) is 22.4 Å². The van der Waals surface area contributed by atoms with Gasteiger partial charge in [0, 0.05) is 13.0 Å². The van der Waals surface area contributed by atoms with Gasteiger partial charge < -0.3 is 9.88 Å². The zero-order valence-corrected chi connectivity index (χ0v) is 22.7. The van der Waals surface area contributed by atoms with Gasteiger partial charge in [0.15, 0.2) is 0 Å². The summed E-state index contributed by atoms with van der Waals surface area (Å²) in [5.74, 6) is -2.19. The Morgan fingerprint density at radius 1 is 1.00 bits per heavy atom. The number of alkyl halides is 3. The minimum Gasteiger partial charge on any atom is -0.340 e. The third-order valence-electron chi connectivity index (χ3n) is 7.12. The van der Waals surface area contributed by atoms with Gasteiger partial charge in [-0.2, -0.15) is 13.2 Å². The number of fused-ring (bicyclic) bond motifs is 1. The van der Waals surface area contributed by atoms with Crippen LogP contribution >= 0.6 is 10.8 Å². The van der Waals surface area contributed by atoms with E-state index >= 15 is 0 Å². The number of hydrogen-bond acceptors (Lipinski definition) is 5. The van der Waals surface area contributed by atoms with E-state index in [0.717, 1.165) is 10.5 Å². The molecule has 12 heteroatoms. The summed E-state index contributed by atoms with van der Waals surface area (Å²) >= 11 is 0. The first-order valence-electron chi connectivity index (χ1n) is 13.0. The Morgan fingerprint density at radius 2 is 1.68 bits per heavy atom. The zero-order valence-electron chi connectivity index (χ0n) is 21.8. The number of aryl methyl sites for hydroxylation is 1. The van der Waals surface area contributed by atoms with Gasteiger partial charge in [0.05, 0.1) is 23.5 Å². The molecule has 2 heterocycles. The van der Waals surface area contributed by atoms with Crippen molar-refractivity contribution in [1.82, 2.24) is 19.6 Å². The van der Waals surface area contributed by atoms with Gasteiger partial charge in [-0.1, -0.05) is 66.7 Å². The molecule has 1 saturated heterocycles. The Morgan fingerprint density at radius 3 is 2.32 bits per heavy atom. The molecule has 2 amide bonds. The third kappa shape index (κ3) is 6.55. The number of amides is 2. The molecule has 0 bridgehead atoms. The highest BCUT2D eigenvalue weighted by Crippen LogP contribution is 2.56. The first-order chi connectivity index (χ1) is 19.5. The van der Waals surface area contributed by atoms with Gasteiger partial charge >= 0.3 is 12.1 Å².